The second-order valence-corrected chi connectivity index (χ2v) is 10.7. The van der Waals surface area contributed by atoms with Crippen LogP contribution >= 0.6 is 0 Å². The third-order valence-corrected chi connectivity index (χ3v) is 6.48. The van der Waals surface area contributed by atoms with Crippen LogP contribution in [0.1, 0.15) is 31.9 Å². The zero-order valence-electron chi connectivity index (χ0n) is 23.4. The second-order valence-electron chi connectivity index (χ2n) is 10.7. The van der Waals surface area contributed by atoms with Gasteiger partial charge in [-0.2, -0.15) is 0 Å². The molecule has 1 heterocycles. The van der Waals surface area contributed by atoms with Crippen LogP contribution in [0.3, 0.4) is 0 Å². The van der Waals surface area contributed by atoms with Crippen molar-refractivity contribution >= 4 is 17.4 Å². The first-order valence-electron chi connectivity index (χ1n) is 13.5. The van der Waals surface area contributed by atoms with E-state index in [9.17, 15) is 4.79 Å². The van der Waals surface area contributed by atoms with Crippen molar-refractivity contribution in [3.05, 3.63) is 133 Å². The van der Waals surface area contributed by atoms with Crippen LogP contribution in [0.4, 0.5) is 16.2 Å². The number of carbonyl (C=O) groups excluding carboxylic acids is 1. The van der Waals surface area contributed by atoms with Crippen LogP contribution in [0.2, 0.25) is 0 Å². The van der Waals surface area contributed by atoms with Crippen LogP contribution in [-0.2, 0) is 12.0 Å². The molecule has 0 fully saturated rings. The molecule has 41 heavy (non-hydrogen) atoms. The molecule has 0 spiro atoms. The molecule has 0 unspecified atom stereocenters. The molecule has 5 rings (SSSR count). The van der Waals surface area contributed by atoms with E-state index in [0.29, 0.717) is 35.4 Å². The summed E-state index contributed by atoms with van der Waals surface area (Å²) in [5.74, 6) is 1.66. The van der Waals surface area contributed by atoms with Gasteiger partial charge in [0.15, 0.2) is 0 Å². The van der Waals surface area contributed by atoms with Crippen molar-refractivity contribution in [2.24, 2.45) is 0 Å². The van der Waals surface area contributed by atoms with Gasteiger partial charge < -0.3 is 20.1 Å². The molecule has 5 aromatic rings. The predicted octanol–water partition coefficient (Wildman–Crippen LogP) is 9.06. The summed E-state index contributed by atoms with van der Waals surface area (Å²) in [5, 5.41) is 5.72. The zero-order valence-corrected chi connectivity index (χ0v) is 23.4. The summed E-state index contributed by atoms with van der Waals surface area (Å²) in [5.41, 5.74) is 5.38. The fourth-order valence-electron chi connectivity index (χ4n) is 4.39. The number of rotatable bonds is 8. The highest BCUT2D eigenvalue weighted by molar-refractivity contribution is 6.00. The highest BCUT2D eigenvalue weighted by Gasteiger charge is 2.20. The van der Waals surface area contributed by atoms with Crippen molar-refractivity contribution < 1.29 is 14.3 Å². The average molecular weight is 544 g/mol. The molecule has 1 aromatic heterocycles. The van der Waals surface area contributed by atoms with Crippen LogP contribution < -0.4 is 20.1 Å². The van der Waals surface area contributed by atoms with Gasteiger partial charge in [0.05, 0.1) is 0 Å². The van der Waals surface area contributed by atoms with Crippen molar-refractivity contribution in [2.75, 3.05) is 10.6 Å². The minimum atomic E-state index is -0.416. The van der Waals surface area contributed by atoms with Crippen molar-refractivity contribution in [3.63, 3.8) is 0 Å². The summed E-state index contributed by atoms with van der Waals surface area (Å²) < 4.78 is 12.2. The van der Waals surface area contributed by atoms with Crippen LogP contribution in [-0.4, -0.2) is 11.0 Å². The molecule has 2 amide bonds. The summed E-state index contributed by atoms with van der Waals surface area (Å²) in [6.07, 6.45) is 1.63. The maximum atomic E-state index is 12.9. The van der Waals surface area contributed by atoms with Gasteiger partial charge in [0.2, 0.25) is 5.88 Å². The van der Waals surface area contributed by atoms with Crippen LogP contribution in [0.15, 0.2) is 121 Å². The summed E-state index contributed by atoms with van der Waals surface area (Å²) >= 11 is 0. The molecular weight excluding hydrogens is 510 g/mol. The topological polar surface area (TPSA) is 72.5 Å². The number of pyridine rings is 1. The maximum absolute atomic E-state index is 12.9. The summed E-state index contributed by atoms with van der Waals surface area (Å²) in [6, 6.07) is 36.8. The van der Waals surface area contributed by atoms with E-state index in [1.165, 1.54) is 5.56 Å². The molecule has 0 aliphatic rings. The first-order chi connectivity index (χ1) is 19.8. The van der Waals surface area contributed by atoms with Gasteiger partial charge >= 0.3 is 6.03 Å². The Balaban J connectivity index is 1.20. The van der Waals surface area contributed by atoms with Gasteiger partial charge in [-0.1, -0.05) is 99.6 Å². The summed E-state index contributed by atoms with van der Waals surface area (Å²) in [6.45, 7) is 6.79. The van der Waals surface area contributed by atoms with E-state index in [-0.39, 0.29) is 5.41 Å². The molecule has 6 heteroatoms. The zero-order chi connectivity index (χ0) is 28.7. The molecule has 0 aliphatic heterocycles. The number of ether oxygens (including phenoxy) is 2. The molecule has 2 N–H and O–H groups in total. The van der Waals surface area contributed by atoms with Gasteiger partial charge in [0.1, 0.15) is 23.8 Å². The number of amides is 2. The number of anilines is 2. The number of carbonyl (C=O) groups is 1. The minimum absolute atomic E-state index is 0.116. The van der Waals surface area contributed by atoms with Crippen molar-refractivity contribution in [3.8, 4) is 28.5 Å². The van der Waals surface area contributed by atoms with Crippen molar-refractivity contribution in [1.29, 1.82) is 0 Å². The maximum Gasteiger partial charge on any atom is 0.323 e. The third-order valence-electron chi connectivity index (χ3n) is 6.48. The lowest BCUT2D eigenvalue weighted by Crippen LogP contribution is -2.20. The summed E-state index contributed by atoms with van der Waals surface area (Å²) in [4.78, 5) is 17.3. The van der Waals surface area contributed by atoms with Gasteiger partial charge in [-0.25, -0.2) is 9.78 Å². The number of aromatic nitrogens is 1. The highest BCUT2D eigenvalue weighted by Crippen LogP contribution is 2.35. The van der Waals surface area contributed by atoms with E-state index in [1.807, 2.05) is 54.6 Å². The van der Waals surface area contributed by atoms with Crippen LogP contribution in [0, 0.1) is 0 Å². The lowest BCUT2D eigenvalue weighted by atomic mass is 9.86. The monoisotopic (exact) mass is 543 g/mol. The Labute approximate surface area is 241 Å². The molecule has 0 saturated heterocycles. The van der Waals surface area contributed by atoms with E-state index in [2.05, 4.69) is 72.8 Å². The quantitative estimate of drug-likeness (QED) is 0.205. The number of para-hydroxylation sites is 1. The number of hydrogen-bond acceptors (Lipinski definition) is 4. The number of nitrogens with one attached hydrogen (secondary N) is 2. The van der Waals surface area contributed by atoms with E-state index in [0.717, 1.165) is 16.7 Å². The Hall–Kier alpha value is -5.10. The highest BCUT2D eigenvalue weighted by atomic mass is 16.5. The Bertz CT molecular complexity index is 1610. The van der Waals surface area contributed by atoms with Crippen LogP contribution in [0.25, 0.3) is 11.1 Å². The van der Waals surface area contributed by atoms with Gasteiger partial charge in [0, 0.05) is 23.5 Å². The van der Waals surface area contributed by atoms with Gasteiger partial charge in [-0.3, -0.25) is 0 Å². The Kier molecular flexibility index (Phi) is 8.30. The Morgan fingerprint density at radius 1 is 0.756 bits per heavy atom. The van der Waals surface area contributed by atoms with Crippen LogP contribution in [0.5, 0.6) is 17.4 Å². The second kappa shape index (κ2) is 12.4. The van der Waals surface area contributed by atoms with Gasteiger partial charge in [-0.15, -0.1) is 0 Å². The third kappa shape index (κ3) is 7.31. The first-order valence-corrected chi connectivity index (χ1v) is 13.5. The first kappa shape index (κ1) is 27.5. The molecule has 0 saturated carbocycles. The van der Waals surface area contributed by atoms with Gasteiger partial charge in [0.25, 0.3) is 0 Å². The normalized spacial score (nSPS) is 11.0. The molecular formula is C35H33N3O3. The van der Waals surface area contributed by atoms with Crippen molar-refractivity contribution in [1.82, 2.24) is 4.98 Å². The molecule has 0 radical (unpaired) electrons. The lowest BCUT2D eigenvalue weighted by molar-refractivity contribution is 0.262. The van der Waals surface area contributed by atoms with Gasteiger partial charge in [-0.05, 0) is 52.4 Å². The number of hydrogen-bond donors (Lipinski definition) is 2. The van der Waals surface area contributed by atoms with E-state index in [4.69, 9.17) is 9.47 Å². The number of urea groups is 1. The predicted molar refractivity (Wildman–Crippen MR) is 165 cm³/mol. The largest absolute Gasteiger partial charge is 0.489 e. The smallest absolute Gasteiger partial charge is 0.323 e. The molecule has 6 nitrogen and oxygen atoms in total. The SMILES string of the molecule is CC(C)(C)c1ccccc1Oc1ncccc1NC(=O)Nc1cccc(OCc2ccc(-c3ccccc3)cc2)c1. The molecule has 0 atom stereocenters. The number of nitrogens with zero attached hydrogens (tertiary/aromatic N) is 1. The number of benzene rings is 4. The minimum Gasteiger partial charge on any atom is -0.489 e. The Morgan fingerprint density at radius 2 is 1.49 bits per heavy atom. The lowest BCUT2D eigenvalue weighted by Gasteiger charge is -2.22. The molecule has 206 valence electrons. The average Bonchev–Trinajstić information content (AvgIpc) is 2.98. The van der Waals surface area contributed by atoms with E-state index >= 15 is 0 Å². The van der Waals surface area contributed by atoms with E-state index < -0.39 is 6.03 Å². The van der Waals surface area contributed by atoms with Crippen molar-refractivity contribution in [2.45, 2.75) is 32.8 Å². The molecule has 0 aliphatic carbocycles. The molecule has 4 aromatic carbocycles. The fourth-order valence-corrected chi connectivity index (χ4v) is 4.39. The Morgan fingerprint density at radius 3 is 2.27 bits per heavy atom. The summed E-state index contributed by atoms with van der Waals surface area (Å²) in [7, 11) is 0. The van der Waals surface area contributed by atoms with E-state index in [1.54, 1.807) is 30.5 Å². The molecule has 0 bridgehead atoms. The standard InChI is InChI=1S/C35H33N3O3/c1-35(2,3)30-15-7-8-17-32(30)41-33-31(16-10-22-36-33)38-34(39)37-28-13-9-14-29(23-28)40-24-25-18-20-27(21-19-25)26-11-5-4-6-12-26/h4-23H,24H2,1-3H3,(H2,37,38,39). The fraction of sp³-hybridized carbons (Fsp3) is 0.143.